The van der Waals surface area contributed by atoms with Crippen LogP contribution in [0.4, 0.5) is 0 Å². The predicted molar refractivity (Wildman–Crippen MR) is 133 cm³/mol. The fourth-order valence-corrected chi connectivity index (χ4v) is 5.48. The Hall–Kier alpha value is -3.15. The molecular weight excluding hydrogens is 424 g/mol. The molecule has 1 saturated carbocycles. The molecule has 1 fully saturated rings. The molecule has 0 radical (unpaired) electrons. The smallest absolute Gasteiger partial charge is 0.291 e. The predicted octanol–water partition coefficient (Wildman–Crippen LogP) is 4.99. The van der Waals surface area contributed by atoms with E-state index in [9.17, 15) is 9.59 Å². The monoisotopic (exact) mass is 458 g/mol. The minimum Gasteiger partial charge on any atom is -0.351 e. The lowest BCUT2D eigenvalue weighted by molar-refractivity contribution is -0.134. The summed E-state index contributed by atoms with van der Waals surface area (Å²) < 4.78 is 1.93. The number of aromatic nitrogens is 2. The van der Waals surface area contributed by atoms with E-state index in [1.807, 2.05) is 66.9 Å². The third-order valence-corrected chi connectivity index (χ3v) is 7.67. The number of aryl methyl sites for hydroxylation is 1. The Morgan fingerprint density at radius 2 is 1.71 bits per heavy atom. The maximum absolute atomic E-state index is 13.9. The largest absolute Gasteiger partial charge is 0.351 e. The molecule has 2 heterocycles. The van der Waals surface area contributed by atoms with Gasteiger partial charge in [-0.05, 0) is 49.9 Å². The Balaban J connectivity index is 1.52. The van der Waals surface area contributed by atoms with Crippen molar-refractivity contribution in [2.45, 2.75) is 83.5 Å². The number of nitrogens with zero attached hydrogens (tertiary/aromatic N) is 3. The molecular formula is C28H34N4O2. The number of hydrogen-bond acceptors (Lipinski definition) is 3. The summed E-state index contributed by atoms with van der Waals surface area (Å²) in [6, 6.07) is 16.0. The summed E-state index contributed by atoms with van der Waals surface area (Å²) in [5.41, 5.74) is 2.82. The maximum atomic E-state index is 13.9. The number of fused-ring (bicyclic) bond motifs is 3. The van der Waals surface area contributed by atoms with Crippen molar-refractivity contribution in [3.05, 3.63) is 65.5 Å². The van der Waals surface area contributed by atoms with E-state index < -0.39 is 5.54 Å². The first-order valence-corrected chi connectivity index (χ1v) is 12.6. The number of carbonyl (C=O) groups is 2. The van der Waals surface area contributed by atoms with Crippen molar-refractivity contribution in [1.82, 2.24) is 19.8 Å². The van der Waals surface area contributed by atoms with Crippen LogP contribution in [0, 0.1) is 6.92 Å². The van der Waals surface area contributed by atoms with E-state index in [0.29, 0.717) is 18.9 Å². The Kier molecular flexibility index (Phi) is 6.15. The van der Waals surface area contributed by atoms with Crippen LogP contribution in [-0.2, 0) is 17.9 Å². The van der Waals surface area contributed by atoms with E-state index >= 15 is 0 Å². The molecule has 178 valence electrons. The molecule has 1 aromatic heterocycles. The normalized spacial score (nSPS) is 21.7. The minimum absolute atomic E-state index is 0.0663. The summed E-state index contributed by atoms with van der Waals surface area (Å²) in [4.78, 5) is 34.2. The molecule has 1 aliphatic heterocycles. The van der Waals surface area contributed by atoms with Crippen molar-refractivity contribution >= 4 is 22.8 Å². The van der Waals surface area contributed by atoms with E-state index in [0.717, 1.165) is 47.8 Å². The fraction of sp³-hybridized carbons (Fsp3) is 0.464. The third kappa shape index (κ3) is 4.10. The van der Waals surface area contributed by atoms with Gasteiger partial charge in [-0.15, -0.1) is 0 Å². The molecule has 1 aliphatic carbocycles. The lowest BCUT2D eigenvalue weighted by Crippen LogP contribution is -2.64. The van der Waals surface area contributed by atoms with Gasteiger partial charge in [0, 0.05) is 12.6 Å². The molecule has 6 heteroatoms. The van der Waals surface area contributed by atoms with Crippen LogP contribution >= 0.6 is 0 Å². The van der Waals surface area contributed by atoms with E-state index in [1.54, 1.807) is 4.90 Å². The van der Waals surface area contributed by atoms with Crippen LogP contribution in [-0.4, -0.2) is 37.8 Å². The highest BCUT2D eigenvalue weighted by Gasteiger charge is 2.48. The van der Waals surface area contributed by atoms with Crippen LogP contribution in [0.3, 0.4) is 0 Å². The zero-order chi connectivity index (χ0) is 23.7. The third-order valence-electron chi connectivity index (χ3n) is 7.67. The number of nitrogens with one attached hydrogen (secondary N) is 1. The van der Waals surface area contributed by atoms with Crippen molar-refractivity contribution in [2.24, 2.45) is 0 Å². The van der Waals surface area contributed by atoms with Crippen LogP contribution in [0.2, 0.25) is 0 Å². The van der Waals surface area contributed by atoms with Gasteiger partial charge >= 0.3 is 0 Å². The second kappa shape index (κ2) is 9.24. The highest BCUT2D eigenvalue weighted by atomic mass is 16.2. The quantitative estimate of drug-likeness (QED) is 0.599. The molecule has 1 unspecified atom stereocenters. The van der Waals surface area contributed by atoms with Crippen LogP contribution in [0.1, 0.15) is 73.6 Å². The molecule has 1 N–H and O–H groups in total. The van der Waals surface area contributed by atoms with Crippen molar-refractivity contribution in [1.29, 1.82) is 0 Å². The summed E-state index contributed by atoms with van der Waals surface area (Å²) in [5.74, 6) is 0.149. The van der Waals surface area contributed by atoms with Gasteiger partial charge in [0.05, 0.1) is 17.6 Å². The van der Waals surface area contributed by atoms with Gasteiger partial charge in [-0.3, -0.25) is 9.59 Å². The zero-order valence-electron chi connectivity index (χ0n) is 20.2. The Labute approximate surface area is 201 Å². The van der Waals surface area contributed by atoms with Gasteiger partial charge in [0.25, 0.3) is 5.91 Å². The highest BCUT2D eigenvalue weighted by molar-refractivity contribution is 6.01. The maximum Gasteiger partial charge on any atom is 0.291 e. The first-order valence-electron chi connectivity index (χ1n) is 12.6. The van der Waals surface area contributed by atoms with E-state index in [4.69, 9.17) is 0 Å². The van der Waals surface area contributed by atoms with Gasteiger partial charge in [0.1, 0.15) is 5.54 Å². The average Bonchev–Trinajstić information content (AvgIpc) is 3.18. The summed E-state index contributed by atoms with van der Waals surface area (Å²) in [7, 11) is 0. The van der Waals surface area contributed by atoms with Crippen LogP contribution in [0.25, 0.3) is 11.0 Å². The average molecular weight is 459 g/mol. The first-order chi connectivity index (χ1) is 16.5. The van der Waals surface area contributed by atoms with Crippen molar-refractivity contribution in [3.63, 3.8) is 0 Å². The molecule has 2 amide bonds. The Bertz CT molecular complexity index is 1210. The molecule has 1 atom stereocenters. The number of carbonyl (C=O) groups excluding carboxylic acids is 2. The van der Waals surface area contributed by atoms with Crippen LogP contribution in [0.15, 0.2) is 48.5 Å². The summed E-state index contributed by atoms with van der Waals surface area (Å²) in [6.07, 6.45) is 8.04. The van der Waals surface area contributed by atoms with E-state index in [-0.39, 0.29) is 17.9 Å². The van der Waals surface area contributed by atoms with Gasteiger partial charge in [-0.2, -0.15) is 0 Å². The number of hydrogen-bond donors (Lipinski definition) is 1. The molecule has 5 rings (SSSR count). The fourth-order valence-electron chi connectivity index (χ4n) is 5.48. The first kappa shape index (κ1) is 22.6. The van der Waals surface area contributed by atoms with Gasteiger partial charge in [0.2, 0.25) is 5.91 Å². The molecule has 0 spiro atoms. The van der Waals surface area contributed by atoms with E-state index in [1.165, 1.54) is 19.3 Å². The molecule has 34 heavy (non-hydrogen) atoms. The Morgan fingerprint density at radius 3 is 2.47 bits per heavy atom. The summed E-state index contributed by atoms with van der Waals surface area (Å²) in [5, 5.41) is 3.35. The van der Waals surface area contributed by atoms with Crippen LogP contribution < -0.4 is 5.32 Å². The molecule has 0 bridgehead atoms. The standard InChI is InChI=1S/C28H34N4O2/c1-20-12-8-9-13-21(20)18-32-26(33)25-30-23-16-10-11-17-24(23)31(25)19-28(32,2)27(34)29-22-14-6-4-3-5-7-15-22/h8-13,16-17,22H,3-7,14-15,18-19H2,1-2H3,(H,29,34). The molecule has 2 aromatic carbocycles. The minimum atomic E-state index is -1.02. The second-order valence-corrected chi connectivity index (χ2v) is 10.1. The van der Waals surface area contributed by atoms with E-state index in [2.05, 4.69) is 10.3 Å². The topological polar surface area (TPSA) is 67.2 Å². The van der Waals surface area contributed by atoms with Gasteiger partial charge < -0.3 is 14.8 Å². The molecule has 6 nitrogen and oxygen atoms in total. The van der Waals surface area contributed by atoms with Gasteiger partial charge in [-0.1, -0.05) is 68.5 Å². The van der Waals surface area contributed by atoms with Crippen molar-refractivity contribution in [2.75, 3.05) is 0 Å². The summed E-state index contributed by atoms with van der Waals surface area (Å²) in [6.45, 7) is 4.73. The van der Waals surface area contributed by atoms with Gasteiger partial charge in [-0.25, -0.2) is 4.98 Å². The number of rotatable bonds is 4. The molecule has 3 aromatic rings. The number of para-hydroxylation sites is 2. The van der Waals surface area contributed by atoms with Crippen LogP contribution in [0.5, 0.6) is 0 Å². The Morgan fingerprint density at radius 1 is 1.03 bits per heavy atom. The number of amides is 2. The van der Waals surface area contributed by atoms with Crippen molar-refractivity contribution < 1.29 is 9.59 Å². The highest BCUT2D eigenvalue weighted by Crippen LogP contribution is 2.33. The SMILES string of the molecule is Cc1ccccc1CN1C(=O)c2nc3ccccc3n2CC1(C)C(=O)NC1CCCCCCC1. The molecule has 2 aliphatic rings. The lowest BCUT2D eigenvalue weighted by Gasteiger charge is -2.44. The zero-order valence-corrected chi connectivity index (χ0v) is 20.2. The second-order valence-electron chi connectivity index (χ2n) is 10.1. The molecule has 0 saturated heterocycles. The van der Waals surface area contributed by atoms with Gasteiger partial charge in [0.15, 0.2) is 5.82 Å². The van der Waals surface area contributed by atoms with Crippen molar-refractivity contribution in [3.8, 4) is 0 Å². The number of benzene rings is 2. The lowest BCUT2D eigenvalue weighted by atomic mass is 9.91. The number of imidazole rings is 1. The summed E-state index contributed by atoms with van der Waals surface area (Å²) >= 11 is 0.